The largest absolute Gasteiger partial charge is 0.317 e. The maximum atomic E-state index is 13.8. The van der Waals surface area contributed by atoms with Gasteiger partial charge in [0.1, 0.15) is 5.82 Å². The number of halogens is 2. The van der Waals surface area contributed by atoms with E-state index in [0.29, 0.717) is 10.9 Å². The van der Waals surface area contributed by atoms with Crippen molar-refractivity contribution in [2.24, 2.45) is 5.92 Å². The molecule has 0 radical (unpaired) electrons. The minimum atomic E-state index is -0.168. The molecule has 1 aliphatic rings. The van der Waals surface area contributed by atoms with Crippen LogP contribution in [-0.2, 0) is 0 Å². The van der Waals surface area contributed by atoms with Crippen molar-refractivity contribution < 1.29 is 4.39 Å². The molecule has 3 heteroatoms. The van der Waals surface area contributed by atoms with Gasteiger partial charge >= 0.3 is 0 Å². The Hall–Kier alpha value is -0.600. The van der Waals surface area contributed by atoms with Crippen LogP contribution in [0, 0.1) is 11.7 Å². The number of hydrogen-bond donors (Lipinski definition) is 1. The number of benzene rings is 1. The fourth-order valence-corrected chi connectivity index (χ4v) is 2.63. The predicted molar refractivity (Wildman–Crippen MR) is 65.4 cm³/mol. The van der Waals surface area contributed by atoms with Gasteiger partial charge in [0.2, 0.25) is 0 Å². The Morgan fingerprint density at radius 1 is 1.38 bits per heavy atom. The average molecular weight is 242 g/mol. The van der Waals surface area contributed by atoms with Crippen LogP contribution in [0.4, 0.5) is 4.39 Å². The standard InChI is InChI=1S/C13H17ClFN/c1-9(10-4-6-16-7-5-10)12-3-2-11(14)8-13(12)15/h2-3,8-10,16H,4-7H2,1H3. The Kier molecular flexibility index (Phi) is 3.82. The maximum absolute atomic E-state index is 13.8. The molecular weight excluding hydrogens is 225 g/mol. The maximum Gasteiger partial charge on any atom is 0.128 e. The SMILES string of the molecule is CC(c1ccc(Cl)cc1F)C1CCNCC1. The van der Waals surface area contributed by atoms with Crippen LogP contribution < -0.4 is 5.32 Å². The molecule has 0 aromatic heterocycles. The van der Waals surface area contributed by atoms with E-state index in [-0.39, 0.29) is 11.7 Å². The molecule has 1 atom stereocenters. The zero-order valence-electron chi connectivity index (χ0n) is 9.47. The average Bonchev–Trinajstić information content (AvgIpc) is 2.29. The summed E-state index contributed by atoms with van der Waals surface area (Å²) in [5.74, 6) is 0.690. The molecule has 0 bridgehead atoms. The summed E-state index contributed by atoms with van der Waals surface area (Å²) in [4.78, 5) is 0. The molecule has 2 rings (SSSR count). The topological polar surface area (TPSA) is 12.0 Å². The summed E-state index contributed by atoms with van der Waals surface area (Å²) in [5.41, 5.74) is 0.802. The lowest BCUT2D eigenvalue weighted by molar-refractivity contribution is 0.325. The Morgan fingerprint density at radius 3 is 2.69 bits per heavy atom. The fraction of sp³-hybridized carbons (Fsp3) is 0.538. The second-order valence-electron chi connectivity index (χ2n) is 4.54. The normalized spacial score (nSPS) is 19.7. The van der Waals surface area contributed by atoms with Gasteiger partial charge in [-0.1, -0.05) is 24.6 Å². The highest BCUT2D eigenvalue weighted by molar-refractivity contribution is 6.30. The Balaban J connectivity index is 2.15. The highest BCUT2D eigenvalue weighted by Crippen LogP contribution is 2.32. The van der Waals surface area contributed by atoms with Gasteiger partial charge in [-0.25, -0.2) is 4.39 Å². The Morgan fingerprint density at radius 2 is 2.06 bits per heavy atom. The summed E-state index contributed by atoms with van der Waals surface area (Å²) >= 11 is 5.76. The van der Waals surface area contributed by atoms with Gasteiger partial charge < -0.3 is 5.32 Å². The monoisotopic (exact) mass is 241 g/mol. The molecule has 0 saturated carbocycles. The van der Waals surface area contributed by atoms with Crippen molar-refractivity contribution in [3.8, 4) is 0 Å². The summed E-state index contributed by atoms with van der Waals surface area (Å²) in [6.45, 7) is 4.21. The van der Waals surface area contributed by atoms with Gasteiger partial charge in [-0.3, -0.25) is 0 Å². The van der Waals surface area contributed by atoms with Crippen LogP contribution in [0.1, 0.15) is 31.2 Å². The smallest absolute Gasteiger partial charge is 0.128 e. The van der Waals surface area contributed by atoms with E-state index in [1.807, 2.05) is 6.07 Å². The second-order valence-corrected chi connectivity index (χ2v) is 4.98. The van der Waals surface area contributed by atoms with Gasteiger partial charge in [0.25, 0.3) is 0 Å². The van der Waals surface area contributed by atoms with E-state index in [1.165, 1.54) is 6.07 Å². The Labute approximate surface area is 101 Å². The van der Waals surface area contributed by atoms with Gasteiger partial charge in [-0.05, 0) is 55.5 Å². The van der Waals surface area contributed by atoms with Crippen molar-refractivity contribution in [2.45, 2.75) is 25.7 Å². The number of rotatable bonds is 2. The third-order valence-electron chi connectivity index (χ3n) is 3.54. The van der Waals surface area contributed by atoms with E-state index in [2.05, 4.69) is 12.2 Å². The van der Waals surface area contributed by atoms with Crippen LogP contribution in [0.2, 0.25) is 5.02 Å². The molecule has 16 heavy (non-hydrogen) atoms. The molecule has 1 heterocycles. The van der Waals surface area contributed by atoms with Crippen LogP contribution in [0.25, 0.3) is 0 Å². The van der Waals surface area contributed by atoms with Crippen LogP contribution in [0.3, 0.4) is 0 Å². The minimum Gasteiger partial charge on any atom is -0.317 e. The van der Waals surface area contributed by atoms with Crippen LogP contribution in [0.15, 0.2) is 18.2 Å². The molecule has 88 valence electrons. The van der Waals surface area contributed by atoms with E-state index in [9.17, 15) is 4.39 Å². The predicted octanol–water partition coefficient (Wildman–Crippen LogP) is 3.58. The molecule has 1 aromatic carbocycles. The number of nitrogens with one attached hydrogen (secondary N) is 1. The zero-order valence-corrected chi connectivity index (χ0v) is 10.2. The number of hydrogen-bond acceptors (Lipinski definition) is 1. The number of piperidine rings is 1. The first-order valence-corrected chi connectivity index (χ1v) is 6.22. The van der Waals surface area contributed by atoms with Gasteiger partial charge in [0.15, 0.2) is 0 Å². The van der Waals surface area contributed by atoms with E-state index < -0.39 is 0 Å². The molecule has 1 aliphatic heterocycles. The second kappa shape index (κ2) is 5.15. The molecular formula is C13H17ClFN. The van der Waals surface area contributed by atoms with Crippen LogP contribution in [0.5, 0.6) is 0 Å². The zero-order chi connectivity index (χ0) is 11.5. The molecule has 1 fully saturated rings. The first-order chi connectivity index (χ1) is 7.68. The summed E-state index contributed by atoms with van der Waals surface area (Å²) < 4.78 is 13.8. The molecule has 1 unspecified atom stereocenters. The summed E-state index contributed by atoms with van der Waals surface area (Å²) in [6, 6.07) is 5.01. The van der Waals surface area contributed by atoms with Crippen molar-refractivity contribution in [3.63, 3.8) is 0 Å². The molecule has 1 saturated heterocycles. The van der Waals surface area contributed by atoms with Gasteiger partial charge in [0, 0.05) is 5.02 Å². The summed E-state index contributed by atoms with van der Waals surface area (Å²) in [6.07, 6.45) is 2.26. The summed E-state index contributed by atoms with van der Waals surface area (Å²) in [7, 11) is 0. The molecule has 0 amide bonds. The van der Waals surface area contributed by atoms with Gasteiger partial charge in [0.05, 0.1) is 0 Å². The fourth-order valence-electron chi connectivity index (χ4n) is 2.47. The Bertz CT molecular complexity index is 361. The molecule has 0 spiro atoms. The van der Waals surface area contributed by atoms with Crippen molar-refractivity contribution in [1.82, 2.24) is 5.32 Å². The van der Waals surface area contributed by atoms with E-state index in [4.69, 9.17) is 11.6 Å². The third kappa shape index (κ3) is 2.55. The van der Waals surface area contributed by atoms with Crippen molar-refractivity contribution in [2.75, 3.05) is 13.1 Å². The van der Waals surface area contributed by atoms with E-state index in [1.54, 1.807) is 6.07 Å². The highest BCUT2D eigenvalue weighted by Gasteiger charge is 2.23. The molecule has 1 N–H and O–H groups in total. The van der Waals surface area contributed by atoms with E-state index in [0.717, 1.165) is 31.5 Å². The van der Waals surface area contributed by atoms with Crippen LogP contribution in [-0.4, -0.2) is 13.1 Å². The summed E-state index contributed by atoms with van der Waals surface area (Å²) in [5, 5.41) is 3.80. The van der Waals surface area contributed by atoms with Crippen molar-refractivity contribution in [3.05, 3.63) is 34.6 Å². The third-order valence-corrected chi connectivity index (χ3v) is 3.78. The molecule has 1 nitrogen and oxygen atoms in total. The molecule has 1 aromatic rings. The van der Waals surface area contributed by atoms with E-state index >= 15 is 0 Å². The lowest BCUT2D eigenvalue weighted by Crippen LogP contribution is -2.30. The van der Waals surface area contributed by atoms with Crippen molar-refractivity contribution >= 4 is 11.6 Å². The first-order valence-electron chi connectivity index (χ1n) is 5.84. The minimum absolute atomic E-state index is 0.168. The lowest BCUT2D eigenvalue weighted by Gasteiger charge is -2.28. The van der Waals surface area contributed by atoms with Crippen molar-refractivity contribution in [1.29, 1.82) is 0 Å². The lowest BCUT2D eigenvalue weighted by atomic mass is 9.81. The molecule has 0 aliphatic carbocycles. The highest BCUT2D eigenvalue weighted by atomic mass is 35.5. The van der Waals surface area contributed by atoms with Gasteiger partial charge in [-0.15, -0.1) is 0 Å². The first kappa shape index (κ1) is 11.9. The quantitative estimate of drug-likeness (QED) is 0.835. The van der Waals surface area contributed by atoms with Gasteiger partial charge in [-0.2, -0.15) is 0 Å². The van der Waals surface area contributed by atoms with Crippen LogP contribution >= 0.6 is 11.6 Å².